The molecule has 1 aliphatic rings. The summed E-state index contributed by atoms with van der Waals surface area (Å²) in [4.78, 5) is 22.9. The van der Waals surface area contributed by atoms with Gasteiger partial charge in [0, 0.05) is 5.57 Å². The van der Waals surface area contributed by atoms with Gasteiger partial charge in [-0.3, -0.25) is 4.79 Å². The number of benzene rings is 2. The van der Waals surface area contributed by atoms with Crippen molar-refractivity contribution in [2.45, 2.75) is 37.5 Å². The fraction of sp³-hybridized carbons (Fsp3) is 0.273. The van der Waals surface area contributed by atoms with Crippen LogP contribution in [0, 0.1) is 0 Å². The summed E-state index contributed by atoms with van der Waals surface area (Å²) in [5.74, 6) is -1.89. The third kappa shape index (κ3) is 4.50. The highest BCUT2D eigenvalue weighted by Gasteiger charge is 2.42. The molecule has 2 aromatic carbocycles. The van der Waals surface area contributed by atoms with E-state index in [0.29, 0.717) is 18.4 Å². The molecule has 152 valence electrons. The molecule has 0 bridgehead atoms. The Balaban J connectivity index is 1.75. The molecular weight excluding hydrogens is 385 g/mol. The number of hydrogen-bond donors (Lipinski definition) is 1. The first kappa shape index (κ1) is 20.6. The second kappa shape index (κ2) is 7.73. The average Bonchev–Trinajstić information content (AvgIpc) is 2.64. The van der Waals surface area contributed by atoms with Gasteiger partial charge in [-0.2, -0.15) is 13.2 Å². The molecular formula is C22H19F3O4. The van der Waals surface area contributed by atoms with E-state index >= 15 is 0 Å². The molecule has 0 aliphatic heterocycles. The van der Waals surface area contributed by atoms with E-state index in [1.165, 1.54) is 12.1 Å². The van der Waals surface area contributed by atoms with Gasteiger partial charge in [0.25, 0.3) is 0 Å². The van der Waals surface area contributed by atoms with Crippen molar-refractivity contribution >= 4 is 11.9 Å². The van der Waals surface area contributed by atoms with Crippen LogP contribution in [0.5, 0.6) is 0 Å². The summed E-state index contributed by atoms with van der Waals surface area (Å²) in [5, 5.41) is 8.85. The van der Waals surface area contributed by atoms with Crippen LogP contribution >= 0.6 is 0 Å². The molecule has 1 fully saturated rings. The van der Waals surface area contributed by atoms with Gasteiger partial charge >= 0.3 is 18.1 Å². The number of carboxylic acids is 1. The number of alkyl halides is 3. The Morgan fingerprint density at radius 2 is 1.52 bits per heavy atom. The molecule has 0 aromatic heterocycles. The number of rotatable bonds is 6. The molecule has 0 atom stereocenters. The third-order valence-electron chi connectivity index (χ3n) is 5.09. The predicted octanol–water partition coefficient (Wildman–Crippen LogP) is 5.33. The van der Waals surface area contributed by atoms with Crippen molar-refractivity contribution in [3.8, 4) is 11.1 Å². The molecule has 0 heterocycles. The van der Waals surface area contributed by atoms with Crippen LogP contribution in [-0.4, -0.2) is 17.0 Å². The summed E-state index contributed by atoms with van der Waals surface area (Å²) >= 11 is 0. The van der Waals surface area contributed by atoms with Gasteiger partial charge in [0.15, 0.2) is 0 Å². The van der Waals surface area contributed by atoms with Crippen molar-refractivity contribution in [2.24, 2.45) is 0 Å². The molecule has 1 saturated carbocycles. The van der Waals surface area contributed by atoms with E-state index in [0.717, 1.165) is 29.7 Å². The van der Waals surface area contributed by atoms with Crippen LogP contribution in [0.15, 0.2) is 60.7 Å². The lowest BCUT2D eigenvalue weighted by molar-refractivity contribution is -0.171. The van der Waals surface area contributed by atoms with Crippen molar-refractivity contribution < 1.29 is 32.6 Å². The maximum absolute atomic E-state index is 12.7. The molecule has 0 spiro atoms. The first-order valence-corrected chi connectivity index (χ1v) is 9.02. The summed E-state index contributed by atoms with van der Waals surface area (Å²) in [6.45, 7) is 3.34. The highest BCUT2D eigenvalue weighted by Crippen LogP contribution is 2.45. The predicted molar refractivity (Wildman–Crippen MR) is 99.9 cm³/mol. The molecule has 2 aromatic rings. The van der Waals surface area contributed by atoms with E-state index in [1.807, 2.05) is 0 Å². The molecule has 1 N–H and O–H groups in total. The van der Waals surface area contributed by atoms with E-state index in [4.69, 9.17) is 9.84 Å². The number of esters is 1. The summed E-state index contributed by atoms with van der Waals surface area (Å²) in [6.07, 6.45) is -2.65. The summed E-state index contributed by atoms with van der Waals surface area (Å²) in [5.41, 5.74) is 0.413. The van der Waals surface area contributed by atoms with Gasteiger partial charge in [0.05, 0.1) is 12.0 Å². The SMILES string of the molecule is C=C(CC(=O)OC1(c2ccc(-c3ccc(C(F)(F)F)cc3)cc2)CCC1)C(=O)O. The first-order valence-electron chi connectivity index (χ1n) is 9.02. The standard InChI is InChI=1S/C22H19F3O4/c1-14(20(27)28)13-19(26)29-21(11-2-12-21)17-7-3-15(4-8-17)16-5-9-18(10-6-16)22(23,24)25/h3-10H,1-2,11-13H2,(H,27,28). The zero-order valence-corrected chi connectivity index (χ0v) is 15.5. The smallest absolute Gasteiger partial charge is 0.416 e. The topological polar surface area (TPSA) is 63.6 Å². The second-order valence-electron chi connectivity index (χ2n) is 7.06. The summed E-state index contributed by atoms with van der Waals surface area (Å²) in [7, 11) is 0. The minimum Gasteiger partial charge on any atom is -0.478 e. The van der Waals surface area contributed by atoms with Gasteiger partial charge in [0.2, 0.25) is 0 Å². The van der Waals surface area contributed by atoms with Gasteiger partial charge in [-0.05, 0) is 48.1 Å². The van der Waals surface area contributed by atoms with Crippen LogP contribution in [0.3, 0.4) is 0 Å². The van der Waals surface area contributed by atoms with E-state index in [-0.39, 0.29) is 12.0 Å². The van der Waals surface area contributed by atoms with Crippen LogP contribution in [0.4, 0.5) is 13.2 Å². The molecule has 4 nitrogen and oxygen atoms in total. The summed E-state index contributed by atoms with van der Waals surface area (Å²) in [6, 6.07) is 12.0. The second-order valence-corrected chi connectivity index (χ2v) is 7.06. The normalized spacial score (nSPS) is 15.3. The van der Waals surface area contributed by atoms with E-state index in [2.05, 4.69) is 6.58 Å². The highest BCUT2D eigenvalue weighted by molar-refractivity contribution is 5.92. The number of aliphatic carboxylic acids is 1. The molecule has 0 unspecified atom stereocenters. The van der Waals surface area contributed by atoms with Gasteiger partial charge < -0.3 is 9.84 Å². The van der Waals surface area contributed by atoms with Gasteiger partial charge in [-0.15, -0.1) is 0 Å². The van der Waals surface area contributed by atoms with Gasteiger partial charge in [-0.1, -0.05) is 43.0 Å². The van der Waals surface area contributed by atoms with Crippen molar-refractivity contribution in [3.05, 3.63) is 71.8 Å². The van der Waals surface area contributed by atoms with Crippen LogP contribution in [0.25, 0.3) is 11.1 Å². The monoisotopic (exact) mass is 404 g/mol. The third-order valence-corrected chi connectivity index (χ3v) is 5.09. The maximum atomic E-state index is 12.7. The van der Waals surface area contributed by atoms with Gasteiger partial charge in [-0.25, -0.2) is 4.79 Å². The molecule has 0 saturated heterocycles. The zero-order valence-electron chi connectivity index (χ0n) is 15.5. The number of ether oxygens (including phenoxy) is 1. The Morgan fingerprint density at radius 1 is 1.00 bits per heavy atom. The van der Waals surface area contributed by atoms with Crippen LogP contribution in [0.1, 0.15) is 36.8 Å². The Morgan fingerprint density at radius 3 is 1.93 bits per heavy atom. The number of carbonyl (C=O) groups excluding carboxylic acids is 1. The lowest BCUT2D eigenvalue weighted by atomic mass is 9.74. The molecule has 29 heavy (non-hydrogen) atoms. The fourth-order valence-corrected chi connectivity index (χ4v) is 3.27. The number of carbonyl (C=O) groups is 2. The Hall–Kier alpha value is -3.09. The zero-order chi connectivity index (χ0) is 21.2. The van der Waals surface area contributed by atoms with Crippen molar-refractivity contribution in [2.75, 3.05) is 0 Å². The fourth-order valence-electron chi connectivity index (χ4n) is 3.27. The Kier molecular flexibility index (Phi) is 5.50. The quantitative estimate of drug-likeness (QED) is 0.522. The van der Waals surface area contributed by atoms with E-state index in [9.17, 15) is 22.8 Å². The highest BCUT2D eigenvalue weighted by atomic mass is 19.4. The molecule has 7 heteroatoms. The summed E-state index contributed by atoms with van der Waals surface area (Å²) < 4.78 is 43.7. The first-order chi connectivity index (χ1) is 13.6. The Labute approximate surface area is 165 Å². The van der Waals surface area contributed by atoms with Crippen molar-refractivity contribution in [3.63, 3.8) is 0 Å². The molecule has 1 aliphatic carbocycles. The van der Waals surface area contributed by atoms with E-state index < -0.39 is 29.3 Å². The van der Waals surface area contributed by atoms with Crippen LogP contribution in [0.2, 0.25) is 0 Å². The van der Waals surface area contributed by atoms with Crippen LogP contribution in [-0.2, 0) is 26.1 Å². The number of hydrogen-bond acceptors (Lipinski definition) is 3. The molecule has 3 rings (SSSR count). The van der Waals surface area contributed by atoms with Crippen LogP contribution < -0.4 is 0 Å². The van der Waals surface area contributed by atoms with Crippen molar-refractivity contribution in [1.82, 2.24) is 0 Å². The Bertz CT molecular complexity index is 924. The molecule has 0 radical (unpaired) electrons. The lowest BCUT2D eigenvalue weighted by Crippen LogP contribution is -2.39. The van der Waals surface area contributed by atoms with Gasteiger partial charge in [0.1, 0.15) is 5.60 Å². The lowest BCUT2D eigenvalue weighted by Gasteiger charge is -2.41. The van der Waals surface area contributed by atoms with Crippen molar-refractivity contribution in [1.29, 1.82) is 0 Å². The average molecular weight is 404 g/mol. The maximum Gasteiger partial charge on any atom is 0.416 e. The number of carboxylic acid groups (broad SMARTS) is 1. The van der Waals surface area contributed by atoms with E-state index in [1.54, 1.807) is 24.3 Å². The largest absolute Gasteiger partial charge is 0.478 e. The number of halogens is 3. The molecule has 0 amide bonds. The minimum atomic E-state index is -4.38. The minimum absolute atomic E-state index is 0.234.